The highest BCUT2D eigenvalue weighted by atomic mass is 32.1. The van der Waals surface area contributed by atoms with E-state index in [-0.39, 0.29) is 11.7 Å². The minimum atomic E-state index is -0.291. The molecule has 0 bridgehead atoms. The Morgan fingerprint density at radius 1 is 1.30 bits per heavy atom. The van der Waals surface area contributed by atoms with Crippen molar-refractivity contribution in [3.05, 3.63) is 50.8 Å². The number of carbonyl (C=O) groups excluding carboxylic acids is 2. The van der Waals surface area contributed by atoms with Crippen molar-refractivity contribution < 1.29 is 9.59 Å². The molecule has 2 rings (SSSR count). The summed E-state index contributed by atoms with van der Waals surface area (Å²) in [6.45, 7) is 6.49. The molecule has 2 aromatic rings. The van der Waals surface area contributed by atoms with Crippen LogP contribution in [0.2, 0.25) is 0 Å². The molecule has 1 heterocycles. The fourth-order valence-corrected chi connectivity index (χ4v) is 3.33. The van der Waals surface area contributed by atoms with Crippen molar-refractivity contribution in [2.45, 2.75) is 33.7 Å². The molecule has 0 unspecified atom stereocenters. The van der Waals surface area contributed by atoms with Gasteiger partial charge in [0.05, 0.1) is 5.69 Å². The molecule has 0 aliphatic rings. The number of thiazole rings is 1. The van der Waals surface area contributed by atoms with Crippen LogP contribution in [-0.4, -0.2) is 22.8 Å². The van der Waals surface area contributed by atoms with Gasteiger partial charge < -0.3 is 10.3 Å². The summed E-state index contributed by atoms with van der Waals surface area (Å²) in [5.41, 5.74) is 8.71. The number of Topliss-reactive ketones (excluding diaryl/α,β-unsaturated/α-hetero) is 1. The molecule has 0 aliphatic carbocycles. The summed E-state index contributed by atoms with van der Waals surface area (Å²) < 4.78 is 1.78. The molecule has 0 fully saturated rings. The maximum atomic E-state index is 12.5. The van der Waals surface area contributed by atoms with Crippen LogP contribution in [0.1, 0.15) is 45.3 Å². The van der Waals surface area contributed by atoms with Crippen LogP contribution in [0, 0.1) is 13.8 Å². The highest BCUT2D eigenvalue weighted by Crippen LogP contribution is 2.12. The summed E-state index contributed by atoms with van der Waals surface area (Å²) in [5.74, 6) is -0.334. The van der Waals surface area contributed by atoms with Gasteiger partial charge in [0, 0.05) is 24.4 Å². The van der Waals surface area contributed by atoms with Gasteiger partial charge in [-0.25, -0.2) is 0 Å². The fourth-order valence-electron chi connectivity index (χ4n) is 2.36. The number of ketones is 1. The van der Waals surface area contributed by atoms with E-state index >= 15 is 0 Å². The third-order valence-electron chi connectivity index (χ3n) is 3.55. The summed E-state index contributed by atoms with van der Waals surface area (Å²) >= 11 is 1.30. The largest absolute Gasteiger partial charge is 0.330 e. The smallest absolute Gasteiger partial charge is 0.279 e. The first-order valence-electron chi connectivity index (χ1n) is 7.49. The zero-order chi connectivity index (χ0) is 17.0. The summed E-state index contributed by atoms with van der Waals surface area (Å²) in [4.78, 5) is 28.9. The highest BCUT2D eigenvalue weighted by Gasteiger charge is 2.12. The molecule has 1 aromatic carbocycles. The second-order valence-electron chi connectivity index (χ2n) is 5.49. The Kier molecular flexibility index (Phi) is 5.63. The van der Waals surface area contributed by atoms with Crippen molar-refractivity contribution >= 4 is 23.0 Å². The summed E-state index contributed by atoms with van der Waals surface area (Å²) in [6.07, 6.45) is 0.724. The first-order valence-corrected chi connectivity index (χ1v) is 8.37. The maximum absolute atomic E-state index is 12.5. The molecule has 23 heavy (non-hydrogen) atoms. The van der Waals surface area contributed by atoms with Crippen LogP contribution in [-0.2, 0) is 6.54 Å². The van der Waals surface area contributed by atoms with Gasteiger partial charge in [0.2, 0.25) is 0 Å². The Hall–Kier alpha value is -2.05. The van der Waals surface area contributed by atoms with Crippen LogP contribution in [0.25, 0.3) is 0 Å². The molecule has 1 aromatic heterocycles. The Morgan fingerprint density at radius 2 is 2.04 bits per heavy atom. The number of nitrogens with zero attached hydrogens (tertiary/aromatic N) is 2. The average molecular weight is 331 g/mol. The summed E-state index contributed by atoms with van der Waals surface area (Å²) in [6, 6.07) is 5.65. The second kappa shape index (κ2) is 7.48. The van der Waals surface area contributed by atoms with Gasteiger partial charge in [-0.2, -0.15) is 4.99 Å². The Bertz CT molecular complexity index is 802. The Balaban J connectivity index is 2.45. The normalized spacial score (nSPS) is 11.7. The van der Waals surface area contributed by atoms with Gasteiger partial charge >= 0.3 is 0 Å². The van der Waals surface area contributed by atoms with Gasteiger partial charge in [-0.1, -0.05) is 17.7 Å². The van der Waals surface area contributed by atoms with Crippen molar-refractivity contribution in [1.82, 2.24) is 4.57 Å². The average Bonchev–Trinajstić information content (AvgIpc) is 2.87. The van der Waals surface area contributed by atoms with Crippen molar-refractivity contribution in [3.8, 4) is 0 Å². The number of carbonyl (C=O) groups is 2. The Labute approximate surface area is 139 Å². The summed E-state index contributed by atoms with van der Waals surface area (Å²) in [7, 11) is 0. The van der Waals surface area contributed by atoms with E-state index in [4.69, 9.17) is 5.73 Å². The van der Waals surface area contributed by atoms with Crippen LogP contribution < -0.4 is 10.5 Å². The second-order valence-corrected chi connectivity index (χ2v) is 6.33. The van der Waals surface area contributed by atoms with Gasteiger partial charge in [-0.3, -0.25) is 9.59 Å². The first kappa shape index (κ1) is 17.3. The van der Waals surface area contributed by atoms with E-state index in [0.29, 0.717) is 29.1 Å². The third kappa shape index (κ3) is 4.03. The van der Waals surface area contributed by atoms with Crippen LogP contribution in [0.3, 0.4) is 0 Å². The van der Waals surface area contributed by atoms with Crippen LogP contribution >= 0.6 is 11.3 Å². The van der Waals surface area contributed by atoms with E-state index in [1.807, 2.05) is 26.0 Å². The fraction of sp³-hybridized carbons (Fsp3) is 0.353. The molecule has 2 N–H and O–H groups in total. The SMILES string of the molecule is CC(=O)c1csc(=NC(=O)c2ccc(C)cc2C)n1CCCN. The third-order valence-corrected chi connectivity index (χ3v) is 4.42. The molecule has 0 spiro atoms. The van der Waals surface area contributed by atoms with Crippen molar-refractivity contribution in [1.29, 1.82) is 0 Å². The quantitative estimate of drug-likeness (QED) is 0.855. The molecule has 6 heteroatoms. The van der Waals surface area contributed by atoms with Crippen molar-refractivity contribution in [2.75, 3.05) is 6.54 Å². The minimum Gasteiger partial charge on any atom is -0.330 e. The predicted molar refractivity (Wildman–Crippen MR) is 91.8 cm³/mol. The molecule has 0 radical (unpaired) electrons. The monoisotopic (exact) mass is 331 g/mol. The van der Waals surface area contributed by atoms with Crippen molar-refractivity contribution in [2.24, 2.45) is 10.7 Å². The summed E-state index contributed by atoms with van der Waals surface area (Å²) in [5, 5.41) is 1.74. The van der Waals surface area contributed by atoms with Crippen LogP contribution in [0.5, 0.6) is 0 Å². The van der Waals surface area contributed by atoms with E-state index < -0.39 is 0 Å². The van der Waals surface area contributed by atoms with Crippen LogP contribution in [0.15, 0.2) is 28.6 Å². The molecule has 122 valence electrons. The molecule has 0 aliphatic heterocycles. The molecule has 1 amide bonds. The highest BCUT2D eigenvalue weighted by molar-refractivity contribution is 7.07. The number of amides is 1. The van der Waals surface area contributed by atoms with Gasteiger partial charge in [-0.15, -0.1) is 11.3 Å². The van der Waals surface area contributed by atoms with Crippen molar-refractivity contribution in [3.63, 3.8) is 0 Å². The number of nitrogens with two attached hydrogens (primary N) is 1. The van der Waals surface area contributed by atoms with E-state index in [1.54, 1.807) is 16.0 Å². The number of rotatable bonds is 5. The number of hydrogen-bond acceptors (Lipinski definition) is 4. The topological polar surface area (TPSA) is 77.5 Å². The van der Waals surface area contributed by atoms with E-state index in [9.17, 15) is 9.59 Å². The van der Waals surface area contributed by atoms with Gasteiger partial charge in [0.15, 0.2) is 10.6 Å². The standard InChI is InChI=1S/C17H21N3O2S/c1-11-5-6-14(12(2)9-11)16(22)19-17-20(8-4-7-18)15(10-23-17)13(3)21/h5-6,9-10H,4,7-8,18H2,1-3H3. The van der Waals surface area contributed by atoms with E-state index in [2.05, 4.69) is 4.99 Å². The lowest BCUT2D eigenvalue weighted by Gasteiger charge is -2.06. The molecule has 0 atom stereocenters. The lowest BCUT2D eigenvalue weighted by molar-refractivity contribution is 0.0986. The molecule has 0 saturated heterocycles. The van der Waals surface area contributed by atoms with Gasteiger partial charge in [-0.05, 0) is 38.4 Å². The first-order chi connectivity index (χ1) is 10.9. The predicted octanol–water partition coefficient (Wildman–Crippen LogP) is 2.46. The molecular formula is C17H21N3O2S. The lowest BCUT2D eigenvalue weighted by atomic mass is 10.1. The van der Waals surface area contributed by atoms with Gasteiger partial charge in [0.1, 0.15) is 0 Å². The minimum absolute atomic E-state index is 0.0429. The van der Waals surface area contributed by atoms with Gasteiger partial charge in [0.25, 0.3) is 5.91 Å². The van der Waals surface area contributed by atoms with E-state index in [1.165, 1.54) is 18.3 Å². The molecule has 5 nitrogen and oxygen atoms in total. The Morgan fingerprint density at radius 3 is 2.65 bits per heavy atom. The van der Waals surface area contributed by atoms with Crippen LogP contribution in [0.4, 0.5) is 0 Å². The lowest BCUT2D eigenvalue weighted by Crippen LogP contribution is -2.22. The zero-order valence-electron chi connectivity index (χ0n) is 13.6. The number of aryl methyl sites for hydroxylation is 2. The maximum Gasteiger partial charge on any atom is 0.279 e. The number of benzene rings is 1. The number of aromatic nitrogens is 1. The number of hydrogen-bond donors (Lipinski definition) is 1. The zero-order valence-corrected chi connectivity index (χ0v) is 14.4. The molecule has 0 saturated carbocycles. The van der Waals surface area contributed by atoms with E-state index in [0.717, 1.165) is 17.5 Å². The molecular weight excluding hydrogens is 310 g/mol.